The lowest BCUT2D eigenvalue weighted by molar-refractivity contribution is -0.140. The highest BCUT2D eigenvalue weighted by molar-refractivity contribution is 5.95. The Morgan fingerprint density at radius 1 is 1.36 bits per heavy atom. The van der Waals surface area contributed by atoms with Crippen LogP contribution in [0, 0.1) is 6.92 Å². The summed E-state index contributed by atoms with van der Waals surface area (Å²) >= 11 is 0. The Bertz CT molecular complexity index is 666. The van der Waals surface area contributed by atoms with Gasteiger partial charge in [0.15, 0.2) is 5.82 Å². The van der Waals surface area contributed by atoms with E-state index in [1.165, 1.54) is 19.1 Å². The highest BCUT2D eigenvalue weighted by Crippen LogP contribution is 2.20. The summed E-state index contributed by atoms with van der Waals surface area (Å²) in [5.74, 6) is 0.332. The second-order valence-corrected chi connectivity index (χ2v) is 4.76. The second kappa shape index (κ2) is 6.17. The van der Waals surface area contributed by atoms with Crippen LogP contribution in [0.2, 0.25) is 0 Å². The van der Waals surface area contributed by atoms with Crippen molar-refractivity contribution in [1.82, 2.24) is 20.1 Å². The number of nitrogens with zero attached hydrogens (tertiary/aromatic N) is 3. The molecule has 0 spiro atoms. The number of halogens is 3. The molecule has 8 heteroatoms. The normalized spacial score (nSPS) is 11.5. The van der Waals surface area contributed by atoms with Crippen LogP contribution in [0.25, 0.3) is 11.4 Å². The zero-order valence-corrected chi connectivity index (χ0v) is 12.1. The molecule has 1 N–H and O–H groups in total. The first-order valence-electron chi connectivity index (χ1n) is 6.65. The topological polar surface area (TPSA) is 61.9 Å². The van der Waals surface area contributed by atoms with E-state index in [2.05, 4.69) is 15.2 Å². The largest absolute Gasteiger partial charge is 0.406 e. The van der Waals surface area contributed by atoms with Crippen LogP contribution >= 0.6 is 0 Å². The molecule has 1 heterocycles. The summed E-state index contributed by atoms with van der Waals surface area (Å²) in [5, 5.41) is 6.65. The van der Waals surface area contributed by atoms with E-state index in [0.29, 0.717) is 17.2 Å². The van der Waals surface area contributed by atoms with Crippen LogP contribution < -0.4 is 0 Å². The molecule has 0 fully saturated rings. The first kappa shape index (κ1) is 16.0. The molecule has 0 aliphatic carbocycles. The third-order valence-corrected chi connectivity index (χ3v) is 3.00. The van der Waals surface area contributed by atoms with Crippen molar-refractivity contribution < 1.29 is 18.0 Å². The van der Waals surface area contributed by atoms with E-state index in [1.54, 1.807) is 19.1 Å². The van der Waals surface area contributed by atoms with Crippen LogP contribution in [-0.4, -0.2) is 45.3 Å². The average Bonchev–Trinajstić information content (AvgIpc) is 2.90. The number of alkyl halides is 3. The summed E-state index contributed by atoms with van der Waals surface area (Å²) in [6.45, 7) is 1.94. The number of hydrogen-bond donors (Lipinski definition) is 1. The maximum atomic E-state index is 12.5. The lowest BCUT2D eigenvalue weighted by Crippen LogP contribution is -2.38. The smallest absolute Gasteiger partial charge is 0.330 e. The molecule has 0 bridgehead atoms. The Labute approximate surface area is 125 Å². The van der Waals surface area contributed by atoms with Crippen LogP contribution in [0.3, 0.4) is 0 Å². The van der Waals surface area contributed by atoms with E-state index in [-0.39, 0.29) is 12.1 Å². The average molecular weight is 312 g/mol. The number of aromatic amines is 1. The number of rotatable bonds is 4. The van der Waals surface area contributed by atoms with Crippen LogP contribution in [-0.2, 0) is 0 Å². The quantitative estimate of drug-likeness (QED) is 0.944. The van der Waals surface area contributed by atoms with Gasteiger partial charge in [0.25, 0.3) is 5.91 Å². The van der Waals surface area contributed by atoms with Crippen molar-refractivity contribution >= 4 is 5.91 Å². The van der Waals surface area contributed by atoms with Gasteiger partial charge in [-0.25, -0.2) is 4.98 Å². The summed E-state index contributed by atoms with van der Waals surface area (Å²) in [4.78, 5) is 17.1. The van der Waals surface area contributed by atoms with Gasteiger partial charge in [-0.15, -0.1) is 0 Å². The van der Waals surface area contributed by atoms with E-state index in [1.807, 2.05) is 0 Å². The number of hydrogen-bond acceptors (Lipinski definition) is 3. The van der Waals surface area contributed by atoms with E-state index < -0.39 is 18.6 Å². The van der Waals surface area contributed by atoms with Gasteiger partial charge in [-0.05, 0) is 26.0 Å². The molecule has 1 aromatic heterocycles. The van der Waals surface area contributed by atoms with E-state index in [0.717, 1.165) is 4.90 Å². The van der Waals surface area contributed by atoms with E-state index in [4.69, 9.17) is 0 Å². The zero-order valence-electron chi connectivity index (χ0n) is 12.1. The fraction of sp³-hybridized carbons (Fsp3) is 0.357. The fourth-order valence-corrected chi connectivity index (χ4v) is 1.99. The van der Waals surface area contributed by atoms with Crippen molar-refractivity contribution in [1.29, 1.82) is 0 Å². The maximum absolute atomic E-state index is 12.5. The molecule has 2 rings (SSSR count). The number of benzene rings is 1. The molecule has 0 aliphatic heterocycles. The molecule has 0 saturated heterocycles. The minimum Gasteiger partial charge on any atom is -0.330 e. The lowest BCUT2D eigenvalue weighted by Gasteiger charge is -2.22. The summed E-state index contributed by atoms with van der Waals surface area (Å²) in [6.07, 6.45) is -4.43. The van der Waals surface area contributed by atoms with Gasteiger partial charge in [0.05, 0.1) is 0 Å². The Kier molecular flexibility index (Phi) is 4.48. The van der Waals surface area contributed by atoms with Crippen molar-refractivity contribution in [2.45, 2.75) is 20.0 Å². The number of carbonyl (C=O) groups excluding carboxylic acids is 1. The van der Waals surface area contributed by atoms with Gasteiger partial charge < -0.3 is 4.90 Å². The van der Waals surface area contributed by atoms with Gasteiger partial charge in [-0.3, -0.25) is 9.89 Å². The predicted octanol–water partition coefficient (Wildman–Crippen LogP) is 2.80. The van der Waals surface area contributed by atoms with Crippen LogP contribution in [0.1, 0.15) is 23.1 Å². The van der Waals surface area contributed by atoms with E-state index in [9.17, 15) is 18.0 Å². The summed E-state index contributed by atoms with van der Waals surface area (Å²) < 4.78 is 37.5. The van der Waals surface area contributed by atoms with Crippen molar-refractivity contribution in [3.8, 4) is 11.4 Å². The molecule has 1 amide bonds. The molecule has 0 saturated carbocycles. The summed E-state index contributed by atoms with van der Waals surface area (Å²) in [6, 6.07) is 6.25. The SMILES string of the molecule is CCN(CC(F)(F)F)C(=O)c1cccc(-c2n[nH]c(C)n2)c1. The molecule has 1 aromatic carbocycles. The minimum absolute atomic E-state index is 0.0255. The molecule has 0 radical (unpaired) electrons. The number of nitrogens with one attached hydrogen (secondary N) is 1. The Balaban J connectivity index is 2.26. The first-order valence-corrected chi connectivity index (χ1v) is 6.65. The number of H-pyrrole nitrogens is 1. The number of amides is 1. The van der Waals surface area contributed by atoms with E-state index >= 15 is 0 Å². The van der Waals surface area contributed by atoms with Crippen LogP contribution in [0.15, 0.2) is 24.3 Å². The minimum atomic E-state index is -4.43. The van der Waals surface area contributed by atoms with Crippen molar-refractivity contribution in [2.24, 2.45) is 0 Å². The molecular formula is C14H15F3N4O. The second-order valence-electron chi connectivity index (χ2n) is 4.76. The maximum Gasteiger partial charge on any atom is 0.406 e. The number of carbonyl (C=O) groups is 1. The van der Waals surface area contributed by atoms with Crippen molar-refractivity contribution in [3.63, 3.8) is 0 Å². The molecule has 0 atom stereocenters. The molecular weight excluding hydrogens is 297 g/mol. The highest BCUT2D eigenvalue weighted by Gasteiger charge is 2.32. The van der Waals surface area contributed by atoms with Crippen molar-refractivity contribution in [2.75, 3.05) is 13.1 Å². The fourth-order valence-electron chi connectivity index (χ4n) is 1.99. The molecule has 0 unspecified atom stereocenters. The number of aromatic nitrogens is 3. The predicted molar refractivity (Wildman–Crippen MR) is 74.2 cm³/mol. The highest BCUT2D eigenvalue weighted by atomic mass is 19.4. The lowest BCUT2D eigenvalue weighted by atomic mass is 10.1. The van der Waals surface area contributed by atoms with Gasteiger partial charge in [0.2, 0.25) is 0 Å². The standard InChI is InChI=1S/C14H15F3N4O/c1-3-21(8-14(15,16)17)13(22)11-6-4-5-10(7-11)12-18-9(2)19-20-12/h4-7H,3,8H2,1-2H3,(H,18,19,20). The third kappa shape index (κ3) is 3.84. The summed E-state index contributed by atoms with van der Waals surface area (Å²) in [5.41, 5.74) is 0.740. The van der Waals surface area contributed by atoms with Crippen LogP contribution in [0.5, 0.6) is 0 Å². The molecule has 0 aliphatic rings. The third-order valence-electron chi connectivity index (χ3n) is 3.00. The summed E-state index contributed by atoms with van der Waals surface area (Å²) in [7, 11) is 0. The van der Waals surface area contributed by atoms with Crippen LogP contribution in [0.4, 0.5) is 13.2 Å². The molecule has 22 heavy (non-hydrogen) atoms. The van der Waals surface area contributed by atoms with Gasteiger partial charge in [0.1, 0.15) is 12.4 Å². The first-order chi connectivity index (χ1) is 10.3. The zero-order chi connectivity index (χ0) is 16.3. The van der Waals surface area contributed by atoms with Gasteiger partial charge in [-0.2, -0.15) is 18.3 Å². The molecule has 118 valence electrons. The Hall–Kier alpha value is -2.38. The van der Waals surface area contributed by atoms with Gasteiger partial charge in [-0.1, -0.05) is 12.1 Å². The molecule has 5 nitrogen and oxygen atoms in total. The van der Waals surface area contributed by atoms with Gasteiger partial charge >= 0.3 is 6.18 Å². The Morgan fingerprint density at radius 2 is 2.09 bits per heavy atom. The molecule has 2 aromatic rings. The number of aryl methyl sites for hydroxylation is 1. The monoisotopic (exact) mass is 312 g/mol. The van der Waals surface area contributed by atoms with Gasteiger partial charge in [0, 0.05) is 17.7 Å². The Morgan fingerprint density at radius 3 is 2.64 bits per heavy atom. The van der Waals surface area contributed by atoms with Crippen molar-refractivity contribution in [3.05, 3.63) is 35.7 Å².